The van der Waals surface area contributed by atoms with Gasteiger partial charge < -0.3 is 14.8 Å². The van der Waals surface area contributed by atoms with Crippen LogP contribution in [-0.4, -0.2) is 24.9 Å². The zero-order valence-electron chi connectivity index (χ0n) is 12.5. The Labute approximate surface area is 126 Å². The maximum absolute atomic E-state index is 6.09. The van der Waals surface area contributed by atoms with Gasteiger partial charge in [-0.15, -0.1) is 0 Å². The van der Waals surface area contributed by atoms with Gasteiger partial charge in [-0.05, 0) is 51.8 Å². The molecule has 112 valence electrons. The molecule has 0 saturated carbocycles. The summed E-state index contributed by atoms with van der Waals surface area (Å²) in [5, 5.41) is 4.20. The van der Waals surface area contributed by atoms with E-state index >= 15 is 0 Å². The Morgan fingerprint density at radius 3 is 2.85 bits per heavy atom. The number of benzene rings is 1. The molecule has 0 aliphatic carbocycles. The van der Waals surface area contributed by atoms with E-state index in [0.29, 0.717) is 6.61 Å². The maximum atomic E-state index is 6.09. The van der Waals surface area contributed by atoms with Crippen LogP contribution in [0.5, 0.6) is 5.75 Å². The van der Waals surface area contributed by atoms with Crippen LogP contribution in [0, 0.1) is 0 Å². The summed E-state index contributed by atoms with van der Waals surface area (Å²) in [6.07, 6.45) is 2.45. The van der Waals surface area contributed by atoms with Crippen molar-refractivity contribution in [3.8, 4) is 5.75 Å². The minimum Gasteiger partial charge on any atom is -0.491 e. The molecule has 0 amide bonds. The van der Waals surface area contributed by atoms with Crippen molar-refractivity contribution in [3.05, 3.63) is 28.8 Å². The second-order valence-corrected chi connectivity index (χ2v) is 6.74. The monoisotopic (exact) mass is 297 g/mol. The predicted octanol–water partition coefficient (Wildman–Crippen LogP) is 3.79. The van der Waals surface area contributed by atoms with Crippen molar-refractivity contribution in [2.45, 2.75) is 51.8 Å². The minimum atomic E-state index is 0.0636. The highest BCUT2D eigenvalue weighted by Crippen LogP contribution is 2.24. The van der Waals surface area contributed by atoms with Crippen LogP contribution in [0.15, 0.2) is 18.2 Å². The van der Waals surface area contributed by atoms with E-state index in [1.165, 1.54) is 0 Å². The first-order chi connectivity index (χ1) is 9.44. The maximum Gasteiger partial charge on any atom is 0.124 e. The van der Waals surface area contributed by atoms with Gasteiger partial charge in [-0.2, -0.15) is 0 Å². The molecule has 1 aliphatic rings. The van der Waals surface area contributed by atoms with E-state index in [2.05, 4.69) is 26.1 Å². The standard InChI is InChI=1S/C16H24ClNO2/c1-16(2,3)18-10-12-9-13(17)6-7-15(12)20-11-14-5-4-8-19-14/h6-7,9,14,18H,4-5,8,10-11H2,1-3H3. The van der Waals surface area contributed by atoms with Gasteiger partial charge in [0.2, 0.25) is 0 Å². The van der Waals surface area contributed by atoms with E-state index in [1.54, 1.807) is 0 Å². The van der Waals surface area contributed by atoms with Crippen LogP contribution in [0.25, 0.3) is 0 Å². The second kappa shape index (κ2) is 6.79. The van der Waals surface area contributed by atoms with Gasteiger partial charge in [0.05, 0.1) is 6.10 Å². The zero-order chi connectivity index (χ0) is 14.6. The summed E-state index contributed by atoms with van der Waals surface area (Å²) < 4.78 is 11.5. The average molecular weight is 298 g/mol. The first-order valence-corrected chi connectivity index (χ1v) is 7.60. The summed E-state index contributed by atoms with van der Waals surface area (Å²) >= 11 is 6.09. The fourth-order valence-corrected chi connectivity index (χ4v) is 2.34. The lowest BCUT2D eigenvalue weighted by Gasteiger charge is -2.22. The fraction of sp³-hybridized carbons (Fsp3) is 0.625. The molecule has 0 spiro atoms. The molecule has 1 fully saturated rings. The summed E-state index contributed by atoms with van der Waals surface area (Å²) in [5.74, 6) is 0.890. The van der Waals surface area contributed by atoms with E-state index in [0.717, 1.165) is 42.3 Å². The largest absolute Gasteiger partial charge is 0.491 e. The summed E-state index contributed by atoms with van der Waals surface area (Å²) in [7, 11) is 0. The van der Waals surface area contributed by atoms with Crippen LogP contribution >= 0.6 is 11.6 Å². The van der Waals surface area contributed by atoms with E-state index in [1.807, 2.05) is 18.2 Å². The predicted molar refractivity (Wildman–Crippen MR) is 82.5 cm³/mol. The van der Waals surface area contributed by atoms with Crippen LogP contribution < -0.4 is 10.1 Å². The molecular weight excluding hydrogens is 274 g/mol. The summed E-state index contributed by atoms with van der Waals surface area (Å²) in [6, 6.07) is 5.77. The Bertz CT molecular complexity index is 437. The fourth-order valence-electron chi connectivity index (χ4n) is 2.15. The van der Waals surface area contributed by atoms with Crippen LogP contribution in [0.3, 0.4) is 0 Å². The lowest BCUT2D eigenvalue weighted by molar-refractivity contribution is 0.0675. The van der Waals surface area contributed by atoms with E-state index in [4.69, 9.17) is 21.1 Å². The van der Waals surface area contributed by atoms with E-state index in [-0.39, 0.29) is 11.6 Å². The molecule has 3 nitrogen and oxygen atoms in total. The van der Waals surface area contributed by atoms with Crippen molar-refractivity contribution < 1.29 is 9.47 Å². The van der Waals surface area contributed by atoms with Gasteiger partial charge in [0.1, 0.15) is 12.4 Å². The highest BCUT2D eigenvalue weighted by Gasteiger charge is 2.17. The van der Waals surface area contributed by atoms with Crippen molar-refractivity contribution in [2.75, 3.05) is 13.2 Å². The van der Waals surface area contributed by atoms with Gasteiger partial charge in [0.25, 0.3) is 0 Å². The molecule has 1 aromatic carbocycles. The van der Waals surface area contributed by atoms with Crippen molar-refractivity contribution in [1.29, 1.82) is 0 Å². The number of ether oxygens (including phenoxy) is 2. The van der Waals surface area contributed by atoms with Crippen molar-refractivity contribution in [1.82, 2.24) is 5.32 Å². The number of halogens is 1. The number of rotatable bonds is 5. The Hall–Kier alpha value is -0.770. The van der Waals surface area contributed by atoms with Gasteiger partial charge in [-0.25, -0.2) is 0 Å². The molecule has 1 atom stereocenters. The molecule has 2 rings (SSSR count). The van der Waals surface area contributed by atoms with Crippen LogP contribution in [0.4, 0.5) is 0 Å². The first-order valence-electron chi connectivity index (χ1n) is 7.22. The van der Waals surface area contributed by atoms with Crippen LogP contribution in [0.2, 0.25) is 5.02 Å². The molecule has 4 heteroatoms. The van der Waals surface area contributed by atoms with Gasteiger partial charge in [0, 0.05) is 29.3 Å². The minimum absolute atomic E-state index is 0.0636. The van der Waals surface area contributed by atoms with Crippen molar-refractivity contribution in [2.24, 2.45) is 0 Å². The molecular formula is C16H24ClNO2. The highest BCUT2D eigenvalue weighted by molar-refractivity contribution is 6.30. The summed E-state index contributed by atoms with van der Waals surface area (Å²) in [5.41, 5.74) is 1.15. The SMILES string of the molecule is CC(C)(C)NCc1cc(Cl)ccc1OCC1CCCO1. The lowest BCUT2D eigenvalue weighted by Crippen LogP contribution is -2.35. The quantitative estimate of drug-likeness (QED) is 0.897. The molecule has 0 aromatic heterocycles. The second-order valence-electron chi connectivity index (χ2n) is 6.30. The Morgan fingerprint density at radius 2 is 2.20 bits per heavy atom. The molecule has 1 heterocycles. The zero-order valence-corrected chi connectivity index (χ0v) is 13.3. The van der Waals surface area contributed by atoms with Crippen molar-refractivity contribution in [3.63, 3.8) is 0 Å². The van der Waals surface area contributed by atoms with Crippen LogP contribution in [-0.2, 0) is 11.3 Å². The van der Waals surface area contributed by atoms with Gasteiger partial charge >= 0.3 is 0 Å². The molecule has 1 saturated heterocycles. The third-order valence-corrected chi connectivity index (χ3v) is 3.52. The molecule has 1 N–H and O–H groups in total. The topological polar surface area (TPSA) is 30.5 Å². The Kier molecular flexibility index (Phi) is 5.30. The normalized spacial score (nSPS) is 19.3. The molecule has 1 aliphatic heterocycles. The Balaban J connectivity index is 1.99. The highest BCUT2D eigenvalue weighted by atomic mass is 35.5. The van der Waals surface area contributed by atoms with E-state index < -0.39 is 0 Å². The first kappa shape index (κ1) is 15.6. The Morgan fingerprint density at radius 1 is 1.40 bits per heavy atom. The van der Waals surface area contributed by atoms with Gasteiger partial charge in [-0.1, -0.05) is 11.6 Å². The average Bonchev–Trinajstić information content (AvgIpc) is 2.87. The molecule has 0 bridgehead atoms. The smallest absolute Gasteiger partial charge is 0.124 e. The third kappa shape index (κ3) is 4.97. The van der Waals surface area contributed by atoms with E-state index in [9.17, 15) is 0 Å². The number of nitrogens with one attached hydrogen (secondary N) is 1. The lowest BCUT2D eigenvalue weighted by atomic mass is 10.1. The summed E-state index contributed by atoms with van der Waals surface area (Å²) in [4.78, 5) is 0. The number of hydrogen-bond acceptors (Lipinski definition) is 3. The molecule has 20 heavy (non-hydrogen) atoms. The van der Waals surface area contributed by atoms with Crippen LogP contribution in [0.1, 0.15) is 39.2 Å². The summed E-state index contributed by atoms with van der Waals surface area (Å²) in [6.45, 7) is 8.64. The van der Waals surface area contributed by atoms with Crippen molar-refractivity contribution >= 4 is 11.6 Å². The molecule has 1 unspecified atom stereocenters. The molecule has 1 aromatic rings. The van der Waals surface area contributed by atoms with Gasteiger partial charge in [0.15, 0.2) is 0 Å². The third-order valence-electron chi connectivity index (χ3n) is 3.28. The molecule has 0 radical (unpaired) electrons. The number of hydrogen-bond donors (Lipinski definition) is 1. The van der Waals surface area contributed by atoms with Gasteiger partial charge in [-0.3, -0.25) is 0 Å².